The van der Waals surface area contributed by atoms with E-state index < -0.39 is 21.6 Å². The first kappa shape index (κ1) is 21.1. The monoisotopic (exact) mass is 435 g/mol. The Labute approximate surface area is 173 Å². The van der Waals surface area contributed by atoms with E-state index in [1.54, 1.807) is 18.2 Å². The summed E-state index contributed by atoms with van der Waals surface area (Å²) in [5.74, 6) is -1.25. The highest BCUT2D eigenvalue weighted by atomic mass is 35.5. The molecule has 1 N–H and O–H groups in total. The second-order valence-electron chi connectivity index (χ2n) is 6.70. The molecule has 0 radical (unpaired) electrons. The number of hydrogen-bond donors (Lipinski definition) is 1. The summed E-state index contributed by atoms with van der Waals surface area (Å²) in [4.78, 5) is 12.4. The van der Waals surface area contributed by atoms with Gasteiger partial charge in [0.1, 0.15) is 17.3 Å². The van der Waals surface area contributed by atoms with Crippen LogP contribution in [0.15, 0.2) is 57.8 Å². The molecular formula is C21H19ClFNO4S. The van der Waals surface area contributed by atoms with Crippen LogP contribution >= 0.6 is 11.6 Å². The van der Waals surface area contributed by atoms with Crippen LogP contribution in [0.25, 0.3) is 0 Å². The predicted molar refractivity (Wildman–Crippen MR) is 108 cm³/mol. The third-order valence-electron chi connectivity index (χ3n) is 4.49. The summed E-state index contributed by atoms with van der Waals surface area (Å²) in [6.45, 7) is 3.87. The van der Waals surface area contributed by atoms with Crippen LogP contribution in [0.5, 0.6) is 0 Å². The van der Waals surface area contributed by atoms with Crippen molar-refractivity contribution in [2.45, 2.75) is 31.0 Å². The van der Waals surface area contributed by atoms with E-state index in [-0.39, 0.29) is 33.7 Å². The molecule has 0 saturated carbocycles. The smallest absolute Gasteiger partial charge is 0.287 e. The molecule has 0 bridgehead atoms. The van der Waals surface area contributed by atoms with Crippen LogP contribution < -0.4 is 5.32 Å². The average Bonchev–Trinajstić information content (AvgIpc) is 3.12. The maximum atomic E-state index is 13.2. The van der Waals surface area contributed by atoms with E-state index in [2.05, 4.69) is 5.32 Å². The lowest BCUT2D eigenvalue weighted by Gasteiger charge is -2.06. The Morgan fingerprint density at radius 3 is 2.52 bits per heavy atom. The van der Waals surface area contributed by atoms with Gasteiger partial charge in [-0.1, -0.05) is 23.7 Å². The number of aryl methyl sites for hydroxylation is 2. The van der Waals surface area contributed by atoms with Crippen LogP contribution in [-0.4, -0.2) is 14.3 Å². The highest BCUT2D eigenvalue weighted by Crippen LogP contribution is 2.21. The Kier molecular flexibility index (Phi) is 6.10. The third kappa shape index (κ3) is 5.05. The normalized spacial score (nSPS) is 11.4. The zero-order valence-electron chi connectivity index (χ0n) is 15.8. The van der Waals surface area contributed by atoms with Crippen LogP contribution in [-0.2, 0) is 22.1 Å². The number of carbonyl (C=O) groups excluding carboxylic acids is 1. The van der Waals surface area contributed by atoms with Crippen molar-refractivity contribution in [2.75, 3.05) is 0 Å². The molecular weight excluding hydrogens is 417 g/mol. The molecule has 0 aliphatic heterocycles. The van der Waals surface area contributed by atoms with E-state index in [4.69, 9.17) is 16.0 Å². The molecule has 8 heteroatoms. The molecule has 3 rings (SSSR count). The first-order valence-corrected chi connectivity index (χ1v) is 10.8. The predicted octanol–water partition coefficient (Wildman–Crippen LogP) is 4.59. The van der Waals surface area contributed by atoms with Crippen molar-refractivity contribution in [3.05, 3.63) is 87.6 Å². The molecule has 0 saturated heterocycles. The minimum atomic E-state index is -3.60. The zero-order chi connectivity index (χ0) is 21.2. The van der Waals surface area contributed by atoms with Gasteiger partial charge in [0, 0.05) is 6.54 Å². The standard InChI is InChI=1S/C21H19ClFNO4S/c1-13-3-6-17(9-14(13)2)29(26,27)12-16-5-8-20(28-16)21(25)24-11-15-4-7-19(23)18(22)10-15/h3-10H,11-12H2,1-2H3,(H,24,25). The maximum Gasteiger partial charge on any atom is 0.287 e. The number of nitrogens with one attached hydrogen (secondary N) is 1. The highest BCUT2D eigenvalue weighted by Gasteiger charge is 2.20. The largest absolute Gasteiger partial charge is 0.455 e. The van der Waals surface area contributed by atoms with Gasteiger partial charge in [-0.2, -0.15) is 0 Å². The van der Waals surface area contributed by atoms with Gasteiger partial charge < -0.3 is 9.73 Å². The summed E-state index contributed by atoms with van der Waals surface area (Å²) < 4.78 is 43.8. The number of hydrogen-bond acceptors (Lipinski definition) is 4. The number of sulfone groups is 1. The van der Waals surface area contributed by atoms with E-state index in [9.17, 15) is 17.6 Å². The molecule has 29 heavy (non-hydrogen) atoms. The van der Waals surface area contributed by atoms with Crippen LogP contribution in [0.4, 0.5) is 4.39 Å². The van der Waals surface area contributed by atoms with Crippen molar-refractivity contribution < 1.29 is 22.0 Å². The van der Waals surface area contributed by atoms with E-state index in [1.165, 1.54) is 30.3 Å². The molecule has 3 aromatic rings. The second-order valence-corrected chi connectivity index (χ2v) is 9.10. The maximum absolute atomic E-state index is 13.2. The van der Waals surface area contributed by atoms with Crippen molar-refractivity contribution in [2.24, 2.45) is 0 Å². The molecule has 0 aliphatic carbocycles. The number of amides is 1. The first-order chi connectivity index (χ1) is 13.7. The Morgan fingerprint density at radius 1 is 1.07 bits per heavy atom. The molecule has 0 aliphatic rings. The molecule has 1 aromatic heterocycles. The van der Waals surface area contributed by atoms with Crippen LogP contribution in [0.3, 0.4) is 0 Å². The van der Waals surface area contributed by atoms with Gasteiger partial charge in [-0.3, -0.25) is 4.79 Å². The summed E-state index contributed by atoms with van der Waals surface area (Å²) in [7, 11) is -3.60. The minimum absolute atomic E-state index is 0.0107. The van der Waals surface area contributed by atoms with Gasteiger partial charge in [0.2, 0.25) is 0 Å². The molecule has 0 spiro atoms. The summed E-state index contributed by atoms with van der Waals surface area (Å²) in [6, 6.07) is 11.9. The van der Waals surface area contributed by atoms with Gasteiger partial charge in [0.15, 0.2) is 15.6 Å². The number of benzene rings is 2. The van der Waals surface area contributed by atoms with Gasteiger partial charge in [-0.25, -0.2) is 12.8 Å². The first-order valence-electron chi connectivity index (χ1n) is 8.76. The third-order valence-corrected chi connectivity index (χ3v) is 6.42. The number of furan rings is 1. The highest BCUT2D eigenvalue weighted by molar-refractivity contribution is 7.90. The van der Waals surface area contributed by atoms with E-state index in [1.807, 2.05) is 13.8 Å². The van der Waals surface area contributed by atoms with Crippen LogP contribution in [0.1, 0.15) is 33.0 Å². The summed E-state index contributed by atoms with van der Waals surface area (Å²) >= 11 is 5.72. The van der Waals surface area contributed by atoms with Crippen molar-refractivity contribution in [1.29, 1.82) is 0 Å². The Balaban J connectivity index is 1.67. The fourth-order valence-electron chi connectivity index (χ4n) is 2.67. The Hall–Kier alpha value is -2.64. The van der Waals surface area contributed by atoms with E-state index in [0.29, 0.717) is 5.56 Å². The molecule has 2 aromatic carbocycles. The number of rotatable bonds is 6. The Bertz CT molecular complexity index is 1170. The fourth-order valence-corrected chi connectivity index (χ4v) is 4.21. The molecule has 152 valence electrons. The number of halogens is 2. The lowest BCUT2D eigenvalue weighted by atomic mass is 10.1. The van der Waals surface area contributed by atoms with Crippen molar-refractivity contribution in [1.82, 2.24) is 5.32 Å². The lowest BCUT2D eigenvalue weighted by molar-refractivity contribution is 0.0921. The van der Waals surface area contributed by atoms with Gasteiger partial charge in [-0.05, 0) is 66.9 Å². The van der Waals surface area contributed by atoms with Crippen molar-refractivity contribution in [3.63, 3.8) is 0 Å². The van der Waals surface area contributed by atoms with Gasteiger partial charge in [0.25, 0.3) is 5.91 Å². The van der Waals surface area contributed by atoms with Crippen LogP contribution in [0, 0.1) is 19.7 Å². The summed E-state index contributed by atoms with van der Waals surface area (Å²) in [5, 5.41) is 2.59. The Morgan fingerprint density at radius 2 is 1.83 bits per heavy atom. The van der Waals surface area contributed by atoms with Crippen LogP contribution in [0.2, 0.25) is 5.02 Å². The van der Waals surface area contributed by atoms with Crippen molar-refractivity contribution in [3.8, 4) is 0 Å². The quantitative estimate of drug-likeness (QED) is 0.614. The molecule has 1 heterocycles. The molecule has 0 atom stereocenters. The van der Waals surface area contributed by atoms with Gasteiger partial charge >= 0.3 is 0 Å². The SMILES string of the molecule is Cc1ccc(S(=O)(=O)Cc2ccc(C(=O)NCc3ccc(F)c(Cl)c3)o2)cc1C. The molecule has 0 fully saturated rings. The molecule has 1 amide bonds. The topological polar surface area (TPSA) is 76.4 Å². The van der Waals surface area contributed by atoms with E-state index >= 15 is 0 Å². The molecule has 5 nitrogen and oxygen atoms in total. The van der Waals surface area contributed by atoms with E-state index in [0.717, 1.165) is 11.1 Å². The average molecular weight is 436 g/mol. The minimum Gasteiger partial charge on any atom is -0.455 e. The fraction of sp³-hybridized carbons (Fsp3) is 0.190. The van der Waals surface area contributed by atoms with Crippen molar-refractivity contribution >= 4 is 27.3 Å². The lowest BCUT2D eigenvalue weighted by Crippen LogP contribution is -2.22. The molecule has 0 unspecified atom stereocenters. The summed E-state index contributed by atoms with van der Waals surface area (Å²) in [6.07, 6.45) is 0. The zero-order valence-corrected chi connectivity index (χ0v) is 17.4. The second kappa shape index (κ2) is 8.39. The van der Waals surface area contributed by atoms with Gasteiger partial charge in [0.05, 0.1) is 9.92 Å². The number of carbonyl (C=O) groups is 1. The summed E-state index contributed by atoms with van der Waals surface area (Å²) in [5.41, 5.74) is 2.50. The van der Waals surface area contributed by atoms with Gasteiger partial charge in [-0.15, -0.1) is 0 Å².